The molecule has 0 amide bonds. The molecule has 0 spiro atoms. The minimum Gasteiger partial charge on any atom is -0.511 e. The van der Waals surface area contributed by atoms with E-state index in [4.69, 9.17) is 14.3 Å². The maximum absolute atomic E-state index is 13.9. The summed E-state index contributed by atoms with van der Waals surface area (Å²) in [5, 5.41) is 57.9. The van der Waals surface area contributed by atoms with Gasteiger partial charge in [0.1, 0.15) is 35.7 Å². The predicted octanol–water partition coefficient (Wildman–Crippen LogP) is 2.60. The fourth-order valence-corrected chi connectivity index (χ4v) is 9.84. The lowest BCUT2D eigenvalue weighted by Gasteiger charge is -2.49. The molecule has 5 fully saturated rings. The van der Waals surface area contributed by atoms with Crippen molar-refractivity contribution in [1.82, 2.24) is 5.06 Å². The van der Waals surface area contributed by atoms with E-state index < -0.39 is 71.8 Å². The van der Waals surface area contributed by atoms with Crippen molar-refractivity contribution >= 4 is 11.8 Å². The highest BCUT2D eigenvalue weighted by Crippen LogP contribution is 2.65. The van der Waals surface area contributed by atoms with E-state index in [0.29, 0.717) is 17.9 Å². The number of hydrogen-bond donors (Lipinski definition) is 5. The number of epoxide rings is 2. The minimum absolute atomic E-state index is 0.0221. The van der Waals surface area contributed by atoms with Gasteiger partial charge < -0.3 is 39.8 Å². The third-order valence-electron chi connectivity index (χ3n) is 12.5. The summed E-state index contributed by atoms with van der Waals surface area (Å²) in [6.45, 7) is 11.0. The van der Waals surface area contributed by atoms with Crippen molar-refractivity contribution in [3.8, 4) is 0 Å². The van der Waals surface area contributed by atoms with Gasteiger partial charge in [-0.2, -0.15) is 0 Å². The van der Waals surface area contributed by atoms with Crippen LogP contribution in [0, 0.1) is 41.4 Å². The van der Waals surface area contributed by atoms with Gasteiger partial charge >= 0.3 is 5.97 Å². The molecule has 7 rings (SSSR count). The van der Waals surface area contributed by atoms with E-state index in [1.165, 1.54) is 0 Å². The molecule has 17 atom stereocenters. The molecule has 0 aromatic carbocycles. The lowest BCUT2D eigenvalue weighted by Crippen LogP contribution is -2.62. The molecule has 1 unspecified atom stereocenters. The third kappa shape index (κ3) is 5.67. The summed E-state index contributed by atoms with van der Waals surface area (Å²) in [5.41, 5.74) is -0.616. The molecule has 46 heavy (non-hydrogen) atoms. The Balaban J connectivity index is 1.42. The quantitative estimate of drug-likeness (QED) is 0.173. The Bertz CT molecular complexity index is 1250. The molecule has 0 aromatic rings. The molecule has 11 nitrogen and oxygen atoms in total. The lowest BCUT2D eigenvalue weighted by atomic mass is 9.53. The summed E-state index contributed by atoms with van der Waals surface area (Å²) >= 11 is 0. The molecule has 2 bridgehead atoms. The van der Waals surface area contributed by atoms with Gasteiger partial charge in [0.05, 0.1) is 36.6 Å². The number of Topliss-reactive ketones (excluding diaryl/α,β-unsaturated/α-hetero) is 1. The molecule has 2 saturated carbocycles. The van der Waals surface area contributed by atoms with Crippen molar-refractivity contribution in [2.45, 2.75) is 134 Å². The van der Waals surface area contributed by atoms with Gasteiger partial charge in [-0.05, 0) is 81.6 Å². The zero-order valence-electron chi connectivity index (χ0n) is 27.9. The number of rotatable bonds is 3. The number of ketones is 1. The summed E-state index contributed by atoms with van der Waals surface area (Å²) in [6.07, 6.45) is 0.0892. The maximum atomic E-state index is 13.9. The van der Waals surface area contributed by atoms with Gasteiger partial charge in [0.25, 0.3) is 0 Å². The first kappa shape index (κ1) is 34.0. The highest BCUT2D eigenvalue weighted by atomic mass is 16.7. The van der Waals surface area contributed by atoms with Gasteiger partial charge in [-0.3, -0.25) is 4.79 Å². The Morgan fingerprint density at radius 3 is 2.39 bits per heavy atom. The van der Waals surface area contributed by atoms with Crippen LogP contribution in [0.5, 0.6) is 0 Å². The van der Waals surface area contributed by atoms with Gasteiger partial charge in [0.15, 0.2) is 5.78 Å². The predicted molar refractivity (Wildman–Crippen MR) is 166 cm³/mol. The van der Waals surface area contributed by atoms with Gasteiger partial charge in [-0.15, -0.1) is 5.06 Å². The number of fused-ring (bicyclic) bond motifs is 12. The minimum atomic E-state index is -1.71. The van der Waals surface area contributed by atoms with Gasteiger partial charge in [0.2, 0.25) is 0 Å². The van der Waals surface area contributed by atoms with Crippen LogP contribution in [0.25, 0.3) is 0 Å². The molecular formula is C35H53NO10. The number of nitrogens with zero attached hydrogens (tertiary/aromatic N) is 1. The van der Waals surface area contributed by atoms with E-state index in [9.17, 15) is 35.1 Å². The maximum Gasteiger partial charge on any atom is 0.364 e. The van der Waals surface area contributed by atoms with Crippen LogP contribution >= 0.6 is 0 Å². The summed E-state index contributed by atoms with van der Waals surface area (Å²) in [7, 11) is 0. The molecule has 0 radical (unpaired) electrons. The van der Waals surface area contributed by atoms with Crippen LogP contribution in [-0.4, -0.2) is 103 Å². The molecule has 5 heterocycles. The number of allylic oxidation sites excluding steroid dienone is 2. The van der Waals surface area contributed by atoms with Crippen LogP contribution in [0.3, 0.4) is 0 Å². The second-order valence-corrected chi connectivity index (χ2v) is 15.5. The molecule has 5 aliphatic heterocycles. The number of aliphatic hydroxyl groups is 5. The van der Waals surface area contributed by atoms with Gasteiger partial charge in [-0.1, -0.05) is 39.7 Å². The van der Waals surface area contributed by atoms with Crippen molar-refractivity contribution in [3.63, 3.8) is 0 Å². The van der Waals surface area contributed by atoms with Crippen LogP contribution in [0.4, 0.5) is 0 Å². The standard InChI is InChI=1S/C35H53NO10/c1-7-16(3)27(38)30(41)26-31(42)28(39)17(4)10-8-9-11-21-35(6,45-21)25-24(29(40)23-20(37)14-36(26)46-34(23)43)22-18(5)12-15(2)13-19(22)32-33(25)44-32/h7,15,17-19,21-22,24-28,30-33,38-42H,8-14H2,1-6H3/b16-7+,29-23?/t15-,17-,18+,19-,21-,22+,24-,25+,26-,27-,28+,30+,31+,32+,33-,35+/m0/s1. The second-order valence-electron chi connectivity index (χ2n) is 15.5. The van der Waals surface area contributed by atoms with E-state index in [0.717, 1.165) is 37.2 Å². The number of carbonyl (C=O) groups excluding carboxylic acids is 2. The first-order valence-electron chi connectivity index (χ1n) is 17.3. The summed E-state index contributed by atoms with van der Waals surface area (Å²) < 4.78 is 12.8. The molecule has 7 aliphatic rings. The number of hydroxylamine groups is 2. The fraction of sp³-hybridized carbons (Fsp3) is 0.829. The number of hydrogen-bond acceptors (Lipinski definition) is 11. The summed E-state index contributed by atoms with van der Waals surface area (Å²) in [6, 6.07) is -1.53. The Morgan fingerprint density at radius 1 is 1.02 bits per heavy atom. The summed E-state index contributed by atoms with van der Waals surface area (Å²) in [5.74, 6) is -2.44. The van der Waals surface area contributed by atoms with Crippen molar-refractivity contribution in [3.05, 3.63) is 23.0 Å². The van der Waals surface area contributed by atoms with Crippen LogP contribution in [0.15, 0.2) is 23.0 Å². The zero-order chi connectivity index (χ0) is 33.4. The monoisotopic (exact) mass is 647 g/mol. The van der Waals surface area contributed by atoms with Crippen molar-refractivity contribution in [2.24, 2.45) is 41.4 Å². The molecule has 0 aromatic heterocycles. The second kappa shape index (κ2) is 12.5. The van der Waals surface area contributed by atoms with E-state index in [2.05, 4.69) is 20.8 Å². The Labute approximate surface area is 271 Å². The Morgan fingerprint density at radius 2 is 1.72 bits per heavy atom. The Hall–Kier alpha value is -1.86. The SMILES string of the molecule is C/C=C(\C)[C@H](O)[C@H](O)[C@H]1[C@@H](O)[C@H](O)[C@@H](C)CCCC[C@@H]2O[C@@]2(C)[C@H]2[C@@H]3O[C@@H]3[C@H]3C[C@@H](C)C[C@@H](C)[C@H]3[C@@H]2C(O)=C2C(=O)CN1OC2=O. The average Bonchev–Trinajstić information content (AvgIpc) is 3.92. The first-order valence-corrected chi connectivity index (χ1v) is 17.3. The van der Waals surface area contributed by atoms with Crippen molar-refractivity contribution in [1.29, 1.82) is 0 Å². The smallest absolute Gasteiger partial charge is 0.364 e. The van der Waals surface area contributed by atoms with E-state index in [1.54, 1.807) is 26.8 Å². The average molecular weight is 648 g/mol. The molecule has 3 saturated heterocycles. The molecule has 2 aliphatic carbocycles. The highest BCUT2D eigenvalue weighted by Gasteiger charge is 2.73. The van der Waals surface area contributed by atoms with E-state index >= 15 is 0 Å². The number of aliphatic hydroxyl groups excluding tert-OH is 5. The van der Waals surface area contributed by atoms with Gasteiger partial charge in [-0.25, -0.2) is 4.79 Å². The molecule has 11 heteroatoms. The Kier molecular flexibility index (Phi) is 9.28. The molecule has 258 valence electrons. The molecular weight excluding hydrogens is 594 g/mol. The van der Waals surface area contributed by atoms with Crippen LogP contribution < -0.4 is 0 Å². The van der Waals surface area contributed by atoms with Crippen molar-refractivity contribution < 1.29 is 49.4 Å². The van der Waals surface area contributed by atoms with Crippen LogP contribution in [0.1, 0.15) is 80.1 Å². The number of carbonyl (C=O) groups is 2. The van der Waals surface area contributed by atoms with Crippen LogP contribution in [0.2, 0.25) is 0 Å². The normalized spacial score (nSPS) is 49.5. The van der Waals surface area contributed by atoms with Crippen LogP contribution in [-0.2, 0) is 23.9 Å². The summed E-state index contributed by atoms with van der Waals surface area (Å²) in [4.78, 5) is 33.4. The lowest BCUT2D eigenvalue weighted by molar-refractivity contribution is -0.238. The van der Waals surface area contributed by atoms with Gasteiger partial charge in [0, 0.05) is 11.8 Å². The van der Waals surface area contributed by atoms with E-state index in [1.807, 2.05) is 0 Å². The fourth-order valence-electron chi connectivity index (χ4n) is 9.84. The van der Waals surface area contributed by atoms with Crippen molar-refractivity contribution in [2.75, 3.05) is 6.54 Å². The molecule has 5 N–H and O–H groups in total. The zero-order valence-corrected chi connectivity index (χ0v) is 27.9. The highest BCUT2D eigenvalue weighted by molar-refractivity contribution is 6.19. The third-order valence-corrected chi connectivity index (χ3v) is 12.5. The first-order chi connectivity index (χ1) is 21.7. The number of ether oxygens (including phenoxy) is 2. The largest absolute Gasteiger partial charge is 0.511 e. The topological polar surface area (TPSA) is 173 Å². The van der Waals surface area contributed by atoms with E-state index in [-0.39, 0.29) is 47.7 Å².